The lowest BCUT2D eigenvalue weighted by Gasteiger charge is -2.27. The molecular weight excluding hydrogens is 342 g/mol. The van der Waals surface area contributed by atoms with Gasteiger partial charge in [0.2, 0.25) is 0 Å². The van der Waals surface area contributed by atoms with Gasteiger partial charge in [0.1, 0.15) is 5.82 Å². The van der Waals surface area contributed by atoms with Crippen molar-refractivity contribution in [2.75, 3.05) is 31.1 Å². The Bertz CT molecular complexity index is 677. The van der Waals surface area contributed by atoms with E-state index < -0.39 is 0 Å². The van der Waals surface area contributed by atoms with Crippen LogP contribution in [-0.4, -0.2) is 37.1 Å². The molecular formula is C20H29N5S. The Balaban J connectivity index is 1.56. The van der Waals surface area contributed by atoms with Crippen LogP contribution in [0.1, 0.15) is 36.6 Å². The number of piperidine rings is 1. The first-order valence-electron chi connectivity index (χ1n) is 9.59. The van der Waals surface area contributed by atoms with Crippen molar-refractivity contribution in [3.8, 4) is 0 Å². The van der Waals surface area contributed by atoms with Gasteiger partial charge in [0.15, 0.2) is 5.96 Å². The van der Waals surface area contributed by atoms with E-state index in [1.807, 2.05) is 6.20 Å². The second-order valence-electron chi connectivity index (χ2n) is 6.52. The first-order chi connectivity index (χ1) is 12.8. The maximum Gasteiger partial charge on any atom is 0.191 e. The number of guanidine groups is 1. The summed E-state index contributed by atoms with van der Waals surface area (Å²) in [5.41, 5.74) is 1.20. The molecule has 0 radical (unpaired) electrons. The molecule has 2 N–H and O–H groups in total. The molecule has 0 aliphatic carbocycles. The number of aliphatic imine (C=N–C) groups is 1. The summed E-state index contributed by atoms with van der Waals surface area (Å²) in [6, 6.07) is 8.52. The van der Waals surface area contributed by atoms with Gasteiger partial charge in [0.05, 0.1) is 6.54 Å². The van der Waals surface area contributed by atoms with Crippen molar-refractivity contribution in [1.82, 2.24) is 15.6 Å². The van der Waals surface area contributed by atoms with Gasteiger partial charge in [-0.2, -0.15) is 0 Å². The zero-order valence-corrected chi connectivity index (χ0v) is 16.4. The number of hydrogen-bond acceptors (Lipinski definition) is 4. The Morgan fingerprint density at radius 2 is 2.12 bits per heavy atom. The van der Waals surface area contributed by atoms with E-state index in [1.54, 1.807) is 11.3 Å². The number of rotatable bonds is 7. The van der Waals surface area contributed by atoms with Gasteiger partial charge in [-0.3, -0.25) is 0 Å². The van der Waals surface area contributed by atoms with Crippen molar-refractivity contribution in [2.24, 2.45) is 4.99 Å². The number of aromatic nitrogens is 1. The smallest absolute Gasteiger partial charge is 0.191 e. The lowest BCUT2D eigenvalue weighted by molar-refractivity contribution is 0.573. The summed E-state index contributed by atoms with van der Waals surface area (Å²) in [7, 11) is 0. The monoisotopic (exact) mass is 371 g/mol. The summed E-state index contributed by atoms with van der Waals surface area (Å²) in [4.78, 5) is 13.1. The standard InChI is InChI=1S/C20H29N5S/c1-2-21-20(23-11-9-18-7-6-14-26-18)24-16-17-8-10-22-19(15-17)25-12-4-3-5-13-25/h6-8,10,14-15H,2-5,9,11-13,16H2,1H3,(H2,21,23,24). The predicted octanol–water partition coefficient (Wildman–Crippen LogP) is 3.43. The van der Waals surface area contributed by atoms with Crippen molar-refractivity contribution < 1.29 is 0 Å². The molecule has 1 aliphatic rings. The topological polar surface area (TPSA) is 52.6 Å². The molecule has 1 aliphatic heterocycles. The van der Waals surface area contributed by atoms with Crippen LogP contribution in [0.2, 0.25) is 0 Å². The molecule has 0 spiro atoms. The molecule has 1 fully saturated rings. The summed E-state index contributed by atoms with van der Waals surface area (Å²) in [5.74, 6) is 1.97. The fraction of sp³-hybridized carbons (Fsp3) is 0.500. The van der Waals surface area contributed by atoms with E-state index in [2.05, 4.69) is 57.1 Å². The van der Waals surface area contributed by atoms with Gasteiger partial charge in [-0.05, 0) is 61.7 Å². The Labute approximate surface area is 160 Å². The van der Waals surface area contributed by atoms with Crippen molar-refractivity contribution >= 4 is 23.1 Å². The molecule has 26 heavy (non-hydrogen) atoms. The van der Waals surface area contributed by atoms with Crippen LogP contribution in [-0.2, 0) is 13.0 Å². The van der Waals surface area contributed by atoms with Crippen LogP contribution in [0.15, 0.2) is 40.8 Å². The van der Waals surface area contributed by atoms with E-state index >= 15 is 0 Å². The van der Waals surface area contributed by atoms with E-state index in [-0.39, 0.29) is 0 Å². The lowest BCUT2D eigenvalue weighted by Crippen LogP contribution is -2.38. The van der Waals surface area contributed by atoms with Crippen molar-refractivity contribution in [3.05, 3.63) is 46.3 Å². The molecule has 2 aromatic heterocycles. The van der Waals surface area contributed by atoms with Gasteiger partial charge >= 0.3 is 0 Å². The van der Waals surface area contributed by atoms with Gasteiger partial charge in [0.25, 0.3) is 0 Å². The normalized spacial score (nSPS) is 15.1. The van der Waals surface area contributed by atoms with Gasteiger partial charge in [-0.25, -0.2) is 9.98 Å². The van der Waals surface area contributed by atoms with Gasteiger partial charge in [0, 0.05) is 37.3 Å². The summed E-state index contributed by atoms with van der Waals surface area (Å²) in [5, 5.41) is 8.88. The van der Waals surface area contributed by atoms with E-state index in [0.29, 0.717) is 6.54 Å². The highest BCUT2D eigenvalue weighted by Gasteiger charge is 2.12. The molecule has 0 atom stereocenters. The number of nitrogens with one attached hydrogen (secondary N) is 2. The van der Waals surface area contributed by atoms with E-state index in [4.69, 9.17) is 4.99 Å². The molecule has 2 aromatic rings. The molecule has 6 heteroatoms. The second-order valence-corrected chi connectivity index (χ2v) is 7.55. The highest BCUT2D eigenvalue weighted by molar-refractivity contribution is 7.09. The number of hydrogen-bond donors (Lipinski definition) is 2. The average molecular weight is 372 g/mol. The summed E-state index contributed by atoms with van der Waals surface area (Å²) < 4.78 is 0. The SMILES string of the molecule is CCNC(=NCc1ccnc(N2CCCCC2)c1)NCCc1cccs1. The molecule has 3 rings (SSSR count). The Morgan fingerprint density at radius 3 is 2.88 bits per heavy atom. The Hall–Kier alpha value is -2.08. The zero-order chi connectivity index (χ0) is 18.0. The van der Waals surface area contributed by atoms with Crippen molar-refractivity contribution in [1.29, 1.82) is 0 Å². The highest BCUT2D eigenvalue weighted by Crippen LogP contribution is 2.18. The highest BCUT2D eigenvalue weighted by atomic mass is 32.1. The van der Waals surface area contributed by atoms with E-state index in [0.717, 1.165) is 44.4 Å². The first kappa shape index (κ1) is 18.7. The van der Waals surface area contributed by atoms with Crippen molar-refractivity contribution in [2.45, 2.75) is 39.2 Å². The van der Waals surface area contributed by atoms with Crippen LogP contribution in [0.3, 0.4) is 0 Å². The minimum absolute atomic E-state index is 0.664. The third kappa shape index (κ3) is 5.73. The minimum atomic E-state index is 0.664. The first-order valence-corrected chi connectivity index (χ1v) is 10.5. The quantitative estimate of drug-likeness (QED) is 0.578. The maximum atomic E-state index is 4.74. The maximum absolute atomic E-state index is 4.74. The molecule has 0 unspecified atom stereocenters. The zero-order valence-electron chi connectivity index (χ0n) is 15.6. The molecule has 140 valence electrons. The largest absolute Gasteiger partial charge is 0.357 e. The van der Waals surface area contributed by atoms with Gasteiger partial charge in [-0.15, -0.1) is 11.3 Å². The number of thiophene rings is 1. The molecule has 0 amide bonds. The van der Waals surface area contributed by atoms with Gasteiger partial charge in [-0.1, -0.05) is 6.07 Å². The second kappa shape index (κ2) is 10.2. The molecule has 0 saturated carbocycles. The summed E-state index contributed by atoms with van der Waals surface area (Å²) >= 11 is 1.80. The molecule has 0 bridgehead atoms. The number of anilines is 1. The molecule has 1 saturated heterocycles. The van der Waals surface area contributed by atoms with Crippen LogP contribution >= 0.6 is 11.3 Å². The number of pyridine rings is 1. The molecule has 3 heterocycles. The van der Waals surface area contributed by atoms with E-state index in [1.165, 1.54) is 29.7 Å². The fourth-order valence-corrected chi connectivity index (χ4v) is 3.83. The van der Waals surface area contributed by atoms with Crippen LogP contribution in [0.25, 0.3) is 0 Å². The fourth-order valence-electron chi connectivity index (χ4n) is 3.13. The summed E-state index contributed by atoms with van der Waals surface area (Å²) in [6.07, 6.45) is 6.80. The lowest BCUT2D eigenvalue weighted by atomic mass is 10.1. The minimum Gasteiger partial charge on any atom is -0.357 e. The average Bonchev–Trinajstić information content (AvgIpc) is 3.20. The third-order valence-electron chi connectivity index (χ3n) is 4.50. The van der Waals surface area contributed by atoms with Crippen molar-refractivity contribution in [3.63, 3.8) is 0 Å². The summed E-state index contributed by atoms with van der Waals surface area (Å²) in [6.45, 7) is 6.75. The van der Waals surface area contributed by atoms with Crippen LogP contribution in [0.5, 0.6) is 0 Å². The molecule has 0 aromatic carbocycles. The van der Waals surface area contributed by atoms with Crippen LogP contribution in [0.4, 0.5) is 5.82 Å². The Morgan fingerprint density at radius 1 is 1.23 bits per heavy atom. The van der Waals surface area contributed by atoms with Crippen LogP contribution in [0, 0.1) is 0 Å². The van der Waals surface area contributed by atoms with Crippen LogP contribution < -0.4 is 15.5 Å². The Kier molecular flexibility index (Phi) is 7.31. The third-order valence-corrected chi connectivity index (χ3v) is 5.43. The number of nitrogens with zero attached hydrogens (tertiary/aromatic N) is 3. The predicted molar refractivity (Wildman–Crippen MR) is 111 cm³/mol. The molecule has 5 nitrogen and oxygen atoms in total. The van der Waals surface area contributed by atoms with E-state index in [9.17, 15) is 0 Å². The van der Waals surface area contributed by atoms with Gasteiger partial charge < -0.3 is 15.5 Å².